The first-order valence-corrected chi connectivity index (χ1v) is 5.87. The average molecular weight is 248 g/mol. The van der Waals surface area contributed by atoms with Crippen molar-refractivity contribution in [3.63, 3.8) is 0 Å². The van der Waals surface area contributed by atoms with Crippen molar-refractivity contribution in [1.29, 1.82) is 0 Å². The summed E-state index contributed by atoms with van der Waals surface area (Å²) < 4.78 is 18.6. The van der Waals surface area contributed by atoms with E-state index in [0.717, 1.165) is 22.6 Å². The summed E-state index contributed by atoms with van der Waals surface area (Å²) >= 11 is 0. The van der Waals surface area contributed by atoms with Gasteiger partial charge in [-0.15, -0.1) is 0 Å². The van der Waals surface area contributed by atoms with Crippen molar-refractivity contribution in [3.8, 4) is 0 Å². The van der Waals surface area contributed by atoms with Crippen LogP contribution in [0.25, 0.3) is 0 Å². The maximum Gasteiger partial charge on any atom is 0.123 e. The molecule has 0 aliphatic heterocycles. The van der Waals surface area contributed by atoms with Crippen molar-refractivity contribution < 1.29 is 8.81 Å². The minimum Gasteiger partial charge on any atom is -0.465 e. The van der Waals surface area contributed by atoms with Crippen LogP contribution in [0.15, 0.2) is 34.7 Å². The largest absolute Gasteiger partial charge is 0.465 e. The van der Waals surface area contributed by atoms with Crippen LogP contribution in [0.4, 0.5) is 4.39 Å². The second kappa shape index (κ2) is 5.33. The topological polar surface area (TPSA) is 51.2 Å². The summed E-state index contributed by atoms with van der Waals surface area (Å²) in [5, 5.41) is 0. The van der Waals surface area contributed by atoms with Gasteiger partial charge in [0.25, 0.3) is 0 Å². The molecule has 1 aromatic carbocycles. The molecule has 96 valence electrons. The summed E-state index contributed by atoms with van der Waals surface area (Å²) in [6, 6.07) is 8.46. The first kappa shape index (κ1) is 12.8. The molecule has 3 N–H and O–H groups in total. The molecule has 0 bridgehead atoms. The van der Waals surface area contributed by atoms with Crippen molar-refractivity contribution in [1.82, 2.24) is 5.43 Å². The van der Waals surface area contributed by atoms with E-state index < -0.39 is 0 Å². The highest BCUT2D eigenvalue weighted by molar-refractivity contribution is 5.28. The van der Waals surface area contributed by atoms with Gasteiger partial charge < -0.3 is 4.42 Å². The number of aryl methyl sites for hydroxylation is 2. The molecule has 2 aromatic rings. The zero-order chi connectivity index (χ0) is 13.1. The molecule has 0 amide bonds. The normalized spacial score (nSPS) is 12.7. The Balaban J connectivity index is 2.20. The molecule has 2 rings (SSSR count). The Hall–Kier alpha value is -1.65. The summed E-state index contributed by atoms with van der Waals surface area (Å²) in [4.78, 5) is 0. The average Bonchev–Trinajstić information content (AvgIpc) is 2.75. The molecule has 0 fully saturated rings. The third-order valence-corrected chi connectivity index (χ3v) is 3.03. The maximum absolute atomic E-state index is 13.0. The molecule has 4 heteroatoms. The standard InChI is InChI=1S/C14H17FN2O/c1-9-7-12(15)5-4-11(9)8-13(17-16)14-6-3-10(2)18-14/h3-7,13,17H,8,16H2,1-2H3. The van der Waals surface area contributed by atoms with Crippen molar-refractivity contribution >= 4 is 0 Å². The van der Waals surface area contributed by atoms with Gasteiger partial charge in [-0.3, -0.25) is 5.84 Å². The molecule has 1 aromatic heterocycles. The summed E-state index contributed by atoms with van der Waals surface area (Å²) in [6.45, 7) is 3.78. The Labute approximate surface area is 106 Å². The number of hydrogen-bond donors (Lipinski definition) is 2. The summed E-state index contributed by atoms with van der Waals surface area (Å²) in [5.41, 5.74) is 4.70. The highest BCUT2D eigenvalue weighted by Gasteiger charge is 2.15. The van der Waals surface area contributed by atoms with Crippen LogP contribution in [0.5, 0.6) is 0 Å². The smallest absolute Gasteiger partial charge is 0.123 e. The number of nitrogens with one attached hydrogen (secondary N) is 1. The molecule has 0 radical (unpaired) electrons. The van der Waals surface area contributed by atoms with Gasteiger partial charge in [0, 0.05) is 0 Å². The van der Waals surface area contributed by atoms with E-state index in [1.165, 1.54) is 12.1 Å². The van der Waals surface area contributed by atoms with Crippen LogP contribution in [-0.4, -0.2) is 0 Å². The van der Waals surface area contributed by atoms with Crippen LogP contribution in [0, 0.1) is 19.7 Å². The van der Waals surface area contributed by atoms with Crippen LogP contribution in [-0.2, 0) is 6.42 Å². The minimum atomic E-state index is -0.220. The monoisotopic (exact) mass is 248 g/mol. The van der Waals surface area contributed by atoms with Gasteiger partial charge in [0.15, 0.2) is 0 Å². The van der Waals surface area contributed by atoms with Gasteiger partial charge in [-0.1, -0.05) is 6.07 Å². The number of benzene rings is 1. The number of nitrogens with two attached hydrogens (primary N) is 1. The predicted octanol–water partition coefficient (Wildman–Crippen LogP) is 2.78. The van der Waals surface area contributed by atoms with Gasteiger partial charge in [0.05, 0.1) is 6.04 Å². The summed E-state index contributed by atoms with van der Waals surface area (Å²) in [7, 11) is 0. The van der Waals surface area contributed by atoms with Crippen LogP contribution >= 0.6 is 0 Å². The van der Waals surface area contributed by atoms with Gasteiger partial charge in [-0.05, 0) is 55.7 Å². The fraction of sp³-hybridized carbons (Fsp3) is 0.286. The van der Waals surface area contributed by atoms with E-state index >= 15 is 0 Å². The molecule has 0 saturated heterocycles. The molecule has 0 aliphatic carbocycles. The second-order valence-corrected chi connectivity index (χ2v) is 4.44. The number of hydrazine groups is 1. The molecule has 18 heavy (non-hydrogen) atoms. The molecule has 1 unspecified atom stereocenters. The van der Waals surface area contributed by atoms with E-state index in [1.54, 1.807) is 6.07 Å². The third kappa shape index (κ3) is 2.78. The number of halogens is 1. The van der Waals surface area contributed by atoms with E-state index in [9.17, 15) is 4.39 Å². The van der Waals surface area contributed by atoms with E-state index in [1.807, 2.05) is 26.0 Å². The van der Waals surface area contributed by atoms with Gasteiger partial charge in [-0.25, -0.2) is 9.82 Å². The summed E-state index contributed by atoms with van der Waals surface area (Å²) in [6.07, 6.45) is 0.662. The Bertz CT molecular complexity index is 536. The van der Waals surface area contributed by atoms with Crippen LogP contribution in [0.1, 0.15) is 28.7 Å². The Morgan fingerprint density at radius 2 is 2.06 bits per heavy atom. The van der Waals surface area contributed by atoms with Gasteiger partial charge in [-0.2, -0.15) is 0 Å². The zero-order valence-corrected chi connectivity index (χ0v) is 10.5. The number of rotatable bonds is 4. The first-order valence-electron chi connectivity index (χ1n) is 5.87. The third-order valence-electron chi connectivity index (χ3n) is 3.03. The van der Waals surface area contributed by atoms with Crippen LogP contribution in [0.2, 0.25) is 0 Å². The molecule has 0 saturated carbocycles. The van der Waals surface area contributed by atoms with Crippen molar-refractivity contribution in [3.05, 3.63) is 58.8 Å². The lowest BCUT2D eigenvalue weighted by Gasteiger charge is -2.15. The van der Waals surface area contributed by atoms with E-state index in [-0.39, 0.29) is 11.9 Å². The maximum atomic E-state index is 13.0. The fourth-order valence-electron chi connectivity index (χ4n) is 1.99. The molecule has 0 spiro atoms. The number of furan rings is 1. The molecule has 0 aliphatic rings. The molecule has 1 heterocycles. The van der Waals surface area contributed by atoms with Gasteiger partial charge >= 0.3 is 0 Å². The zero-order valence-electron chi connectivity index (χ0n) is 10.5. The predicted molar refractivity (Wildman–Crippen MR) is 68.4 cm³/mol. The van der Waals surface area contributed by atoms with Crippen molar-refractivity contribution in [2.24, 2.45) is 5.84 Å². The minimum absolute atomic E-state index is 0.108. The lowest BCUT2D eigenvalue weighted by molar-refractivity contribution is 0.402. The highest BCUT2D eigenvalue weighted by atomic mass is 19.1. The highest BCUT2D eigenvalue weighted by Crippen LogP contribution is 2.22. The number of hydrogen-bond acceptors (Lipinski definition) is 3. The second-order valence-electron chi connectivity index (χ2n) is 4.44. The quantitative estimate of drug-likeness (QED) is 0.646. The lowest BCUT2D eigenvalue weighted by atomic mass is 10.00. The van der Waals surface area contributed by atoms with E-state index in [2.05, 4.69) is 5.43 Å². The lowest BCUT2D eigenvalue weighted by Crippen LogP contribution is -2.29. The molecular formula is C14H17FN2O. The van der Waals surface area contributed by atoms with Gasteiger partial charge in [0.1, 0.15) is 17.3 Å². The van der Waals surface area contributed by atoms with E-state index in [0.29, 0.717) is 6.42 Å². The first-order chi connectivity index (χ1) is 8.60. The van der Waals surface area contributed by atoms with Crippen LogP contribution in [0.3, 0.4) is 0 Å². The Morgan fingerprint density at radius 1 is 1.28 bits per heavy atom. The van der Waals surface area contributed by atoms with Crippen molar-refractivity contribution in [2.75, 3.05) is 0 Å². The molecular weight excluding hydrogens is 231 g/mol. The Kier molecular flexibility index (Phi) is 3.79. The van der Waals surface area contributed by atoms with Crippen molar-refractivity contribution in [2.45, 2.75) is 26.3 Å². The van der Waals surface area contributed by atoms with Gasteiger partial charge in [0.2, 0.25) is 0 Å². The SMILES string of the molecule is Cc1ccc(C(Cc2ccc(F)cc2C)NN)o1. The fourth-order valence-corrected chi connectivity index (χ4v) is 1.99. The Morgan fingerprint density at radius 3 is 2.61 bits per heavy atom. The van der Waals surface area contributed by atoms with Crippen LogP contribution < -0.4 is 11.3 Å². The summed E-state index contributed by atoms with van der Waals surface area (Å²) in [5.74, 6) is 6.98. The molecule has 3 nitrogen and oxygen atoms in total. The molecule has 1 atom stereocenters. The van der Waals surface area contributed by atoms with E-state index in [4.69, 9.17) is 10.3 Å².